The summed E-state index contributed by atoms with van der Waals surface area (Å²) in [6.07, 6.45) is 0.241. The molecule has 1 aliphatic rings. The fourth-order valence-corrected chi connectivity index (χ4v) is 3.03. The van der Waals surface area contributed by atoms with Crippen molar-refractivity contribution in [3.05, 3.63) is 59.7 Å². The van der Waals surface area contributed by atoms with Crippen molar-refractivity contribution in [3.63, 3.8) is 0 Å². The average molecular weight is 340 g/mol. The molecule has 1 aliphatic heterocycles. The van der Waals surface area contributed by atoms with Crippen LogP contribution in [0.2, 0.25) is 0 Å². The van der Waals surface area contributed by atoms with Crippen LogP contribution in [0.3, 0.4) is 0 Å². The van der Waals surface area contributed by atoms with Gasteiger partial charge >= 0.3 is 0 Å². The topological polar surface area (TPSA) is 50.8 Å². The number of ether oxygens (including phenoxy) is 2. The van der Waals surface area contributed by atoms with E-state index < -0.39 is 0 Å². The Kier molecular flexibility index (Phi) is 5.68. The van der Waals surface area contributed by atoms with Crippen LogP contribution in [0.25, 0.3) is 0 Å². The number of rotatable bonds is 5. The lowest BCUT2D eigenvalue weighted by Crippen LogP contribution is -2.41. The Hall–Kier alpha value is -2.37. The van der Waals surface area contributed by atoms with Gasteiger partial charge in [0, 0.05) is 37.1 Å². The minimum absolute atomic E-state index is 0.125. The second-order valence-electron chi connectivity index (χ2n) is 6.22. The number of nitrogens with zero attached hydrogens (tertiary/aromatic N) is 1. The Morgan fingerprint density at radius 1 is 1.24 bits per heavy atom. The molecule has 0 bridgehead atoms. The fourth-order valence-electron chi connectivity index (χ4n) is 3.03. The lowest BCUT2D eigenvalue weighted by Gasteiger charge is -2.33. The zero-order valence-corrected chi connectivity index (χ0v) is 14.7. The number of hydrogen-bond acceptors (Lipinski definition) is 4. The number of carbonyl (C=O) groups excluding carboxylic acids is 1. The molecule has 25 heavy (non-hydrogen) atoms. The highest BCUT2D eigenvalue weighted by Crippen LogP contribution is 2.21. The molecule has 132 valence electrons. The predicted molar refractivity (Wildman–Crippen MR) is 99.2 cm³/mol. The molecule has 1 unspecified atom stereocenters. The number of anilines is 2. The summed E-state index contributed by atoms with van der Waals surface area (Å²) in [4.78, 5) is 14.8. The molecule has 3 rings (SSSR count). The van der Waals surface area contributed by atoms with Gasteiger partial charge in [-0.1, -0.05) is 18.2 Å². The van der Waals surface area contributed by atoms with Gasteiger partial charge in [-0.25, -0.2) is 0 Å². The number of nitrogens with one attached hydrogen (secondary N) is 1. The minimum atomic E-state index is -0.125. The smallest absolute Gasteiger partial charge is 0.256 e. The summed E-state index contributed by atoms with van der Waals surface area (Å²) in [6.45, 7) is 5.02. The maximum atomic E-state index is 12.5. The van der Waals surface area contributed by atoms with E-state index >= 15 is 0 Å². The second-order valence-corrected chi connectivity index (χ2v) is 6.22. The van der Waals surface area contributed by atoms with E-state index in [1.807, 2.05) is 48.5 Å². The van der Waals surface area contributed by atoms with Crippen molar-refractivity contribution < 1.29 is 14.3 Å². The van der Waals surface area contributed by atoms with Crippen molar-refractivity contribution in [2.24, 2.45) is 0 Å². The van der Waals surface area contributed by atoms with Crippen molar-refractivity contribution in [3.8, 4) is 0 Å². The standard InChI is InChI=1S/C20H24N2O3/c1-15-13-22(11-12-25-15)18-9-7-17(8-10-18)21-20(23)19-6-4-3-5-16(19)14-24-2/h3-10,15H,11-14H2,1-2H3,(H,21,23). The molecule has 1 heterocycles. The SMILES string of the molecule is COCc1ccccc1C(=O)Nc1ccc(N2CCOC(C)C2)cc1. The predicted octanol–water partition coefficient (Wildman–Crippen LogP) is 3.31. The molecule has 1 atom stereocenters. The van der Waals surface area contributed by atoms with Crippen molar-refractivity contribution in [2.75, 3.05) is 37.0 Å². The highest BCUT2D eigenvalue weighted by Gasteiger charge is 2.17. The van der Waals surface area contributed by atoms with Crippen molar-refractivity contribution in [1.29, 1.82) is 0 Å². The summed E-state index contributed by atoms with van der Waals surface area (Å²) in [5.74, 6) is -0.125. The molecule has 5 heteroatoms. The minimum Gasteiger partial charge on any atom is -0.380 e. The van der Waals surface area contributed by atoms with Crippen molar-refractivity contribution in [2.45, 2.75) is 19.6 Å². The van der Waals surface area contributed by atoms with E-state index in [-0.39, 0.29) is 12.0 Å². The van der Waals surface area contributed by atoms with Gasteiger partial charge in [-0.15, -0.1) is 0 Å². The number of morpholine rings is 1. The normalized spacial score (nSPS) is 17.4. The van der Waals surface area contributed by atoms with Gasteiger partial charge in [-0.2, -0.15) is 0 Å². The lowest BCUT2D eigenvalue weighted by molar-refractivity contribution is 0.0532. The molecule has 2 aromatic carbocycles. The van der Waals surface area contributed by atoms with Gasteiger partial charge in [0.25, 0.3) is 5.91 Å². The first-order valence-corrected chi connectivity index (χ1v) is 8.52. The van der Waals surface area contributed by atoms with Gasteiger partial charge in [0.15, 0.2) is 0 Å². The van der Waals surface area contributed by atoms with Gasteiger partial charge in [0.2, 0.25) is 0 Å². The van der Waals surface area contributed by atoms with E-state index in [0.717, 1.165) is 36.6 Å². The molecular weight excluding hydrogens is 316 g/mol. The molecule has 0 radical (unpaired) electrons. The van der Waals surface area contributed by atoms with Gasteiger partial charge in [0.1, 0.15) is 0 Å². The summed E-state index contributed by atoms with van der Waals surface area (Å²) in [5, 5.41) is 2.96. The highest BCUT2D eigenvalue weighted by molar-refractivity contribution is 6.05. The number of benzene rings is 2. The van der Waals surface area contributed by atoms with Gasteiger partial charge in [0.05, 0.1) is 19.3 Å². The van der Waals surface area contributed by atoms with Crippen LogP contribution in [0, 0.1) is 0 Å². The molecule has 1 fully saturated rings. The Morgan fingerprint density at radius 3 is 2.72 bits per heavy atom. The molecule has 0 aromatic heterocycles. The zero-order valence-electron chi connectivity index (χ0n) is 14.7. The number of hydrogen-bond donors (Lipinski definition) is 1. The van der Waals surface area contributed by atoms with E-state index in [2.05, 4.69) is 17.1 Å². The summed E-state index contributed by atoms with van der Waals surface area (Å²) in [6, 6.07) is 15.4. The number of methoxy groups -OCH3 is 1. The summed E-state index contributed by atoms with van der Waals surface area (Å²) in [7, 11) is 1.62. The van der Waals surface area contributed by atoms with Gasteiger partial charge in [-0.05, 0) is 42.8 Å². The van der Waals surface area contributed by atoms with E-state index in [0.29, 0.717) is 12.2 Å². The molecular formula is C20H24N2O3. The summed E-state index contributed by atoms with van der Waals surface area (Å²) in [5.41, 5.74) is 3.44. The number of carbonyl (C=O) groups is 1. The summed E-state index contributed by atoms with van der Waals surface area (Å²) < 4.78 is 10.7. The van der Waals surface area contributed by atoms with Crippen LogP contribution in [-0.4, -0.2) is 38.8 Å². The van der Waals surface area contributed by atoms with E-state index in [1.165, 1.54) is 0 Å². The molecule has 1 amide bonds. The van der Waals surface area contributed by atoms with E-state index in [9.17, 15) is 4.79 Å². The first-order valence-electron chi connectivity index (χ1n) is 8.52. The summed E-state index contributed by atoms with van der Waals surface area (Å²) >= 11 is 0. The molecule has 0 saturated carbocycles. The fraction of sp³-hybridized carbons (Fsp3) is 0.350. The average Bonchev–Trinajstić information content (AvgIpc) is 2.63. The van der Waals surface area contributed by atoms with E-state index in [4.69, 9.17) is 9.47 Å². The maximum Gasteiger partial charge on any atom is 0.256 e. The molecule has 0 aliphatic carbocycles. The molecule has 1 saturated heterocycles. The van der Waals surface area contributed by atoms with Crippen LogP contribution >= 0.6 is 0 Å². The van der Waals surface area contributed by atoms with Crippen LogP contribution in [0.15, 0.2) is 48.5 Å². The third-order valence-electron chi connectivity index (χ3n) is 4.29. The molecule has 5 nitrogen and oxygen atoms in total. The van der Waals surface area contributed by atoms with Gasteiger partial charge < -0.3 is 19.7 Å². The second kappa shape index (κ2) is 8.14. The van der Waals surface area contributed by atoms with Gasteiger partial charge in [-0.3, -0.25) is 4.79 Å². The zero-order chi connectivity index (χ0) is 17.6. The van der Waals surface area contributed by atoms with Crippen LogP contribution < -0.4 is 10.2 Å². The molecule has 0 spiro atoms. The van der Waals surface area contributed by atoms with Crippen LogP contribution in [0.5, 0.6) is 0 Å². The monoisotopic (exact) mass is 340 g/mol. The van der Waals surface area contributed by atoms with Crippen LogP contribution in [0.4, 0.5) is 11.4 Å². The first kappa shape index (κ1) is 17.5. The van der Waals surface area contributed by atoms with Crippen molar-refractivity contribution >= 4 is 17.3 Å². The van der Waals surface area contributed by atoms with Crippen LogP contribution in [0.1, 0.15) is 22.8 Å². The third kappa shape index (κ3) is 4.38. The quantitative estimate of drug-likeness (QED) is 0.907. The highest BCUT2D eigenvalue weighted by atomic mass is 16.5. The Bertz CT molecular complexity index is 715. The van der Waals surface area contributed by atoms with E-state index in [1.54, 1.807) is 7.11 Å². The van der Waals surface area contributed by atoms with Crippen molar-refractivity contribution in [1.82, 2.24) is 0 Å². The lowest BCUT2D eigenvalue weighted by atomic mass is 10.1. The maximum absolute atomic E-state index is 12.5. The Morgan fingerprint density at radius 2 is 2.00 bits per heavy atom. The third-order valence-corrected chi connectivity index (χ3v) is 4.29. The Labute approximate surface area is 148 Å². The van der Waals surface area contributed by atoms with Crippen LogP contribution in [-0.2, 0) is 16.1 Å². The number of amides is 1. The first-order chi connectivity index (χ1) is 12.2. The molecule has 1 N–H and O–H groups in total. The largest absolute Gasteiger partial charge is 0.380 e. The Balaban J connectivity index is 1.68. The molecule has 2 aromatic rings.